The summed E-state index contributed by atoms with van der Waals surface area (Å²) in [7, 11) is 1.61. The molecule has 2 heterocycles. The monoisotopic (exact) mass is 388 g/mol. The molecule has 1 aliphatic heterocycles. The van der Waals surface area contributed by atoms with Crippen molar-refractivity contribution in [2.45, 2.75) is 12.4 Å². The van der Waals surface area contributed by atoms with Crippen LogP contribution in [0.5, 0.6) is 5.75 Å². The van der Waals surface area contributed by atoms with Crippen LogP contribution in [0.25, 0.3) is 5.69 Å². The van der Waals surface area contributed by atoms with Crippen LogP contribution >= 0.6 is 0 Å². The number of benzene rings is 2. The van der Waals surface area contributed by atoms with E-state index in [1.807, 2.05) is 29.2 Å². The average molecular weight is 388 g/mol. The van der Waals surface area contributed by atoms with Crippen molar-refractivity contribution in [1.29, 1.82) is 0 Å². The van der Waals surface area contributed by atoms with Gasteiger partial charge in [0.2, 0.25) is 0 Å². The number of alkyl halides is 3. The maximum absolute atomic E-state index is 13.3. The van der Waals surface area contributed by atoms with Crippen molar-refractivity contribution in [3.05, 3.63) is 78.1 Å². The van der Waals surface area contributed by atoms with Gasteiger partial charge < -0.3 is 18.9 Å². The minimum absolute atomic E-state index is 0.0862. The molecule has 0 spiro atoms. The predicted molar refractivity (Wildman–Crippen MR) is 99.8 cm³/mol. The molecule has 1 saturated heterocycles. The molecule has 1 fully saturated rings. The molecule has 1 aromatic heterocycles. The normalized spacial score (nSPS) is 17.1. The van der Waals surface area contributed by atoms with Crippen LogP contribution < -0.4 is 9.64 Å². The highest BCUT2D eigenvalue weighted by molar-refractivity contribution is 5.60. The number of nitrogens with zero attached hydrogens (tertiary/aromatic N) is 2. The number of anilines is 1. The molecule has 7 heteroatoms. The van der Waals surface area contributed by atoms with E-state index in [0.29, 0.717) is 13.2 Å². The van der Waals surface area contributed by atoms with Gasteiger partial charge in [-0.15, -0.1) is 0 Å². The second-order valence-corrected chi connectivity index (χ2v) is 6.46. The van der Waals surface area contributed by atoms with Crippen LogP contribution in [0, 0.1) is 0 Å². The molecule has 0 bridgehead atoms. The van der Waals surface area contributed by atoms with Gasteiger partial charge in [-0.2, -0.15) is 13.2 Å². The summed E-state index contributed by atoms with van der Waals surface area (Å²) in [6.07, 6.45) is -1.50. The smallest absolute Gasteiger partial charge is 0.418 e. The lowest BCUT2D eigenvalue weighted by Crippen LogP contribution is -2.23. The molecule has 0 unspecified atom stereocenters. The highest BCUT2D eigenvalue weighted by Gasteiger charge is 2.34. The van der Waals surface area contributed by atoms with Crippen LogP contribution in [0.2, 0.25) is 0 Å². The summed E-state index contributed by atoms with van der Waals surface area (Å²) in [6, 6.07) is 14.9. The molecule has 3 aromatic rings. The molecular weight excluding hydrogens is 369 g/mol. The Morgan fingerprint density at radius 3 is 2.46 bits per heavy atom. The zero-order valence-corrected chi connectivity index (χ0v) is 15.2. The second-order valence-electron chi connectivity index (χ2n) is 6.46. The van der Waals surface area contributed by atoms with E-state index in [2.05, 4.69) is 0 Å². The summed E-state index contributed by atoms with van der Waals surface area (Å²) < 4.78 is 52.9. The van der Waals surface area contributed by atoms with Crippen LogP contribution in [0.4, 0.5) is 18.9 Å². The first-order valence-corrected chi connectivity index (χ1v) is 8.85. The Labute approximate surface area is 160 Å². The van der Waals surface area contributed by atoms with Gasteiger partial charge >= 0.3 is 6.18 Å². The largest absolute Gasteiger partial charge is 0.495 e. The van der Waals surface area contributed by atoms with Crippen molar-refractivity contribution < 1.29 is 22.6 Å². The molecule has 0 amide bonds. The first-order valence-electron chi connectivity index (χ1n) is 8.85. The SMILES string of the molecule is COc1ccccc1N1CCO[C@H]1c1ccn(-c2ccccc2C(F)(F)F)c1. The lowest BCUT2D eigenvalue weighted by Gasteiger charge is -2.26. The number of hydrogen-bond acceptors (Lipinski definition) is 3. The first kappa shape index (κ1) is 18.4. The van der Waals surface area contributed by atoms with Gasteiger partial charge in [-0.25, -0.2) is 0 Å². The Morgan fingerprint density at radius 2 is 1.71 bits per heavy atom. The van der Waals surface area contributed by atoms with Gasteiger partial charge in [0.15, 0.2) is 6.23 Å². The van der Waals surface area contributed by atoms with Gasteiger partial charge in [-0.1, -0.05) is 24.3 Å². The fraction of sp³-hybridized carbons (Fsp3) is 0.238. The molecule has 0 N–H and O–H groups in total. The Kier molecular flexibility index (Phi) is 4.77. The zero-order valence-electron chi connectivity index (χ0n) is 15.2. The van der Waals surface area contributed by atoms with E-state index in [1.54, 1.807) is 31.6 Å². The van der Waals surface area contributed by atoms with Crippen LogP contribution in [0.1, 0.15) is 17.4 Å². The fourth-order valence-electron chi connectivity index (χ4n) is 3.51. The van der Waals surface area contributed by atoms with E-state index in [4.69, 9.17) is 9.47 Å². The van der Waals surface area contributed by atoms with Crippen LogP contribution in [-0.4, -0.2) is 24.8 Å². The maximum Gasteiger partial charge on any atom is 0.418 e. The summed E-state index contributed by atoms with van der Waals surface area (Å²) in [4.78, 5) is 2.05. The topological polar surface area (TPSA) is 26.6 Å². The van der Waals surface area contributed by atoms with Crippen LogP contribution in [-0.2, 0) is 10.9 Å². The summed E-state index contributed by atoms with van der Waals surface area (Å²) in [6.45, 7) is 1.18. The van der Waals surface area contributed by atoms with Crippen molar-refractivity contribution in [3.63, 3.8) is 0 Å². The fourth-order valence-corrected chi connectivity index (χ4v) is 3.51. The molecule has 0 aliphatic carbocycles. The average Bonchev–Trinajstić information content (AvgIpc) is 3.36. The standard InChI is InChI=1S/C21H19F3N2O2/c1-27-19-9-5-4-8-18(19)26-12-13-28-20(26)15-10-11-25(14-15)17-7-3-2-6-16(17)21(22,23)24/h2-11,14,20H,12-13H2,1H3/t20-/m0/s1. The van der Waals surface area contributed by atoms with E-state index in [9.17, 15) is 13.2 Å². The van der Waals surface area contributed by atoms with Gasteiger partial charge in [0.1, 0.15) is 5.75 Å². The summed E-state index contributed by atoms with van der Waals surface area (Å²) in [5, 5.41) is 0. The maximum atomic E-state index is 13.3. The van der Waals surface area contributed by atoms with E-state index in [-0.39, 0.29) is 5.69 Å². The minimum Gasteiger partial charge on any atom is -0.495 e. The molecule has 0 saturated carbocycles. The molecule has 1 atom stereocenters. The van der Waals surface area contributed by atoms with Gasteiger partial charge in [0.05, 0.1) is 30.7 Å². The third-order valence-corrected chi connectivity index (χ3v) is 4.77. The minimum atomic E-state index is -4.42. The molecule has 146 valence electrons. The molecule has 0 radical (unpaired) electrons. The number of rotatable bonds is 4. The van der Waals surface area contributed by atoms with E-state index in [0.717, 1.165) is 23.1 Å². The number of methoxy groups -OCH3 is 1. The molecular formula is C21H19F3N2O2. The molecule has 28 heavy (non-hydrogen) atoms. The van der Waals surface area contributed by atoms with Crippen LogP contribution in [0.3, 0.4) is 0 Å². The number of hydrogen-bond donors (Lipinski definition) is 0. The van der Waals surface area contributed by atoms with Gasteiger partial charge in [-0.3, -0.25) is 0 Å². The Balaban J connectivity index is 1.68. The van der Waals surface area contributed by atoms with Crippen molar-refractivity contribution in [3.8, 4) is 11.4 Å². The van der Waals surface area contributed by atoms with E-state index in [1.165, 1.54) is 16.7 Å². The summed E-state index contributed by atoms with van der Waals surface area (Å²) >= 11 is 0. The molecule has 1 aliphatic rings. The quantitative estimate of drug-likeness (QED) is 0.627. The second kappa shape index (κ2) is 7.24. The zero-order chi connectivity index (χ0) is 19.7. The lowest BCUT2D eigenvalue weighted by atomic mass is 10.1. The van der Waals surface area contributed by atoms with Gasteiger partial charge in [0.25, 0.3) is 0 Å². The highest BCUT2D eigenvalue weighted by Crippen LogP contribution is 2.38. The third-order valence-electron chi connectivity index (χ3n) is 4.77. The highest BCUT2D eigenvalue weighted by atomic mass is 19.4. The lowest BCUT2D eigenvalue weighted by molar-refractivity contribution is -0.137. The Bertz CT molecular complexity index is 968. The number of ether oxygens (including phenoxy) is 2. The number of halogens is 3. The Morgan fingerprint density at radius 1 is 1.00 bits per heavy atom. The predicted octanol–water partition coefficient (Wildman–Crippen LogP) is 5.04. The molecule has 2 aromatic carbocycles. The molecule has 4 nitrogen and oxygen atoms in total. The summed E-state index contributed by atoms with van der Waals surface area (Å²) in [5.74, 6) is 0.722. The van der Waals surface area contributed by atoms with Gasteiger partial charge in [-0.05, 0) is 30.3 Å². The number of aromatic nitrogens is 1. The van der Waals surface area contributed by atoms with Crippen LogP contribution in [0.15, 0.2) is 67.0 Å². The first-order chi connectivity index (χ1) is 13.5. The van der Waals surface area contributed by atoms with Crippen molar-refractivity contribution in [1.82, 2.24) is 4.57 Å². The van der Waals surface area contributed by atoms with Gasteiger partial charge in [0, 0.05) is 24.5 Å². The Hall–Kier alpha value is -2.93. The van der Waals surface area contributed by atoms with E-state index >= 15 is 0 Å². The molecule has 4 rings (SSSR count). The third kappa shape index (κ3) is 3.33. The number of para-hydroxylation sites is 3. The summed E-state index contributed by atoms with van der Waals surface area (Å²) in [5.41, 5.74) is 1.07. The van der Waals surface area contributed by atoms with Crippen molar-refractivity contribution >= 4 is 5.69 Å². The van der Waals surface area contributed by atoms with Crippen molar-refractivity contribution in [2.75, 3.05) is 25.2 Å². The van der Waals surface area contributed by atoms with Crippen molar-refractivity contribution in [2.24, 2.45) is 0 Å². The van der Waals surface area contributed by atoms with E-state index < -0.39 is 18.0 Å².